The number of Topliss-reactive ketones (excluding diaryl/α,β-unsaturated/α-hetero) is 1. The third-order valence-electron chi connectivity index (χ3n) is 4.67. The topological polar surface area (TPSA) is 71.5 Å². The number of hydrogen-bond acceptors (Lipinski definition) is 4. The number of carbonyl (C=O) groups is 2. The molecule has 0 N–H and O–H groups in total. The molecule has 1 saturated heterocycles. The van der Waals surface area contributed by atoms with Gasteiger partial charge in [-0.1, -0.05) is 30.3 Å². The van der Waals surface area contributed by atoms with Gasteiger partial charge in [0.2, 0.25) is 5.91 Å². The number of nitrogens with zero attached hydrogens (tertiary/aromatic N) is 1. The normalized spacial score (nSPS) is 14.6. The zero-order valence-electron chi connectivity index (χ0n) is 14.7. The number of hydrogen-bond donors (Lipinski definition) is 0. The summed E-state index contributed by atoms with van der Waals surface area (Å²) in [5.41, 5.74) is 0.624. The maximum absolute atomic E-state index is 13.0. The first-order valence-electron chi connectivity index (χ1n) is 8.73. The molecule has 0 unspecified atom stereocenters. The van der Waals surface area contributed by atoms with E-state index in [1.165, 1.54) is 17.0 Å². The van der Waals surface area contributed by atoms with Crippen LogP contribution < -0.4 is 0 Å². The van der Waals surface area contributed by atoms with Crippen molar-refractivity contribution < 1.29 is 22.4 Å². The van der Waals surface area contributed by atoms with Crippen LogP contribution in [0.5, 0.6) is 0 Å². The highest BCUT2D eigenvalue weighted by Crippen LogP contribution is 2.24. The molecule has 0 atom stereocenters. The van der Waals surface area contributed by atoms with Crippen molar-refractivity contribution in [3.8, 4) is 0 Å². The first-order valence-corrected chi connectivity index (χ1v) is 10.3. The van der Waals surface area contributed by atoms with Gasteiger partial charge in [-0.25, -0.2) is 12.8 Å². The monoisotopic (exact) mass is 389 g/mol. The van der Waals surface area contributed by atoms with Crippen LogP contribution in [0, 0.1) is 5.82 Å². The Balaban J connectivity index is 1.46. The number of benzene rings is 2. The van der Waals surface area contributed by atoms with E-state index in [1.807, 2.05) is 6.07 Å². The zero-order chi connectivity index (χ0) is 19.4. The van der Waals surface area contributed by atoms with Crippen LogP contribution in [0.2, 0.25) is 0 Å². The van der Waals surface area contributed by atoms with Gasteiger partial charge in [0.25, 0.3) is 0 Å². The van der Waals surface area contributed by atoms with Crippen LogP contribution in [0.15, 0.2) is 59.5 Å². The van der Waals surface area contributed by atoms with Crippen LogP contribution in [0.3, 0.4) is 0 Å². The number of carbonyl (C=O) groups excluding carboxylic acids is 2. The van der Waals surface area contributed by atoms with Crippen LogP contribution in [0.25, 0.3) is 0 Å². The molecular weight excluding hydrogens is 369 g/mol. The largest absolute Gasteiger partial charge is 0.340 e. The van der Waals surface area contributed by atoms with Gasteiger partial charge in [-0.15, -0.1) is 0 Å². The molecular formula is C20H20FNO4S. The van der Waals surface area contributed by atoms with E-state index in [2.05, 4.69) is 0 Å². The molecule has 1 fully saturated rings. The fourth-order valence-electron chi connectivity index (χ4n) is 2.98. The van der Waals surface area contributed by atoms with Crippen LogP contribution in [0.1, 0.15) is 29.6 Å². The Hall–Kier alpha value is -2.54. The summed E-state index contributed by atoms with van der Waals surface area (Å²) in [6.07, 6.45) is 0.918. The van der Waals surface area contributed by atoms with Crippen molar-refractivity contribution in [3.05, 3.63) is 66.0 Å². The predicted molar refractivity (Wildman–Crippen MR) is 98.6 cm³/mol. The molecule has 1 heterocycles. The average Bonchev–Trinajstić information content (AvgIpc) is 2.61. The molecule has 1 amide bonds. The van der Waals surface area contributed by atoms with Gasteiger partial charge in [-0.2, -0.15) is 0 Å². The van der Waals surface area contributed by atoms with Crippen LogP contribution in [0.4, 0.5) is 4.39 Å². The number of ketones is 1. The molecule has 0 aromatic heterocycles. The van der Waals surface area contributed by atoms with Gasteiger partial charge in [0.1, 0.15) is 11.1 Å². The molecule has 0 radical (unpaired) electrons. The van der Waals surface area contributed by atoms with E-state index >= 15 is 0 Å². The maximum atomic E-state index is 13.0. The number of sulfone groups is 1. The summed E-state index contributed by atoms with van der Waals surface area (Å²) in [7, 11) is -3.57. The molecule has 27 heavy (non-hydrogen) atoms. The molecule has 0 bridgehead atoms. The minimum atomic E-state index is -3.57. The fourth-order valence-corrected chi connectivity index (χ4v) is 4.63. The van der Waals surface area contributed by atoms with E-state index in [9.17, 15) is 22.4 Å². The van der Waals surface area contributed by atoms with E-state index in [4.69, 9.17) is 0 Å². The first-order chi connectivity index (χ1) is 12.9. The SMILES string of the molecule is O=C(CCCC(=O)N1CC(S(=O)(=O)c2ccc(F)cc2)C1)c1ccccc1. The van der Waals surface area contributed by atoms with Gasteiger partial charge in [0, 0.05) is 31.5 Å². The molecule has 142 valence electrons. The molecule has 2 aromatic carbocycles. The second-order valence-electron chi connectivity index (χ2n) is 6.56. The van der Waals surface area contributed by atoms with Gasteiger partial charge < -0.3 is 4.90 Å². The lowest BCUT2D eigenvalue weighted by atomic mass is 10.0. The quantitative estimate of drug-likeness (QED) is 0.539. The van der Waals surface area contributed by atoms with Crippen molar-refractivity contribution in [2.75, 3.05) is 13.1 Å². The van der Waals surface area contributed by atoms with Crippen LogP contribution >= 0.6 is 0 Å². The van der Waals surface area contributed by atoms with Crippen LogP contribution in [-0.4, -0.2) is 43.3 Å². The summed E-state index contributed by atoms with van der Waals surface area (Å²) < 4.78 is 37.8. The average molecular weight is 389 g/mol. The highest BCUT2D eigenvalue weighted by atomic mass is 32.2. The highest BCUT2D eigenvalue weighted by Gasteiger charge is 2.40. The zero-order valence-corrected chi connectivity index (χ0v) is 15.5. The Kier molecular flexibility index (Phi) is 5.70. The molecule has 3 rings (SSSR count). The Labute approximate surface area is 157 Å². The van der Waals surface area contributed by atoms with Crippen LogP contribution in [-0.2, 0) is 14.6 Å². The smallest absolute Gasteiger partial charge is 0.222 e. The molecule has 1 aliphatic rings. The van der Waals surface area contributed by atoms with Gasteiger partial charge in [0.05, 0.1) is 4.90 Å². The third kappa shape index (κ3) is 4.42. The van der Waals surface area contributed by atoms with Crippen molar-refractivity contribution in [3.63, 3.8) is 0 Å². The van der Waals surface area contributed by atoms with Gasteiger partial charge >= 0.3 is 0 Å². The van der Waals surface area contributed by atoms with Gasteiger partial charge in [-0.05, 0) is 30.7 Å². The van der Waals surface area contributed by atoms with Crippen molar-refractivity contribution in [2.45, 2.75) is 29.4 Å². The lowest BCUT2D eigenvalue weighted by Gasteiger charge is -2.38. The summed E-state index contributed by atoms with van der Waals surface area (Å²) in [6, 6.07) is 13.6. The van der Waals surface area contributed by atoms with E-state index in [0.717, 1.165) is 12.1 Å². The number of amides is 1. The maximum Gasteiger partial charge on any atom is 0.222 e. The minimum absolute atomic E-state index is 0.0104. The van der Waals surface area contributed by atoms with Gasteiger partial charge in [-0.3, -0.25) is 9.59 Å². The summed E-state index contributed by atoms with van der Waals surface area (Å²) in [6.45, 7) is 0.260. The number of halogens is 1. The Bertz CT molecular complexity index is 920. The summed E-state index contributed by atoms with van der Waals surface area (Å²) in [4.78, 5) is 25.7. The standard InChI is InChI=1S/C20H20FNO4S/c21-16-9-11-17(12-10-16)27(25,26)18-13-22(14-18)20(24)8-4-7-19(23)15-5-2-1-3-6-15/h1-3,5-6,9-12,18H,4,7-8,13-14H2. The molecule has 0 spiro atoms. The Morgan fingerprint density at radius 3 is 2.22 bits per heavy atom. The highest BCUT2D eigenvalue weighted by molar-refractivity contribution is 7.92. The second-order valence-corrected chi connectivity index (χ2v) is 8.79. The van der Waals surface area contributed by atoms with E-state index < -0.39 is 20.9 Å². The lowest BCUT2D eigenvalue weighted by molar-refractivity contribution is -0.134. The van der Waals surface area contributed by atoms with Gasteiger partial charge in [0.15, 0.2) is 15.6 Å². The van der Waals surface area contributed by atoms with Crippen molar-refractivity contribution in [2.24, 2.45) is 0 Å². The summed E-state index contributed by atoms with van der Waals surface area (Å²) in [5, 5.41) is -0.669. The fraction of sp³-hybridized carbons (Fsp3) is 0.300. The molecule has 2 aromatic rings. The molecule has 1 aliphatic heterocycles. The predicted octanol–water partition coefficient (Wildman–Crippen LogP) is 2.86. The molecule has 7 heteroatoms. The molecule has 0 aliphatic carbocycles. The second kappa shape index (κ2) is 8.00. The Morgan fingerprint density at radius 1 is 0.963 bits per heavy atom. The lowest BCUT2D eigenvalue weighted by Crippen LogP contribution is -2.56. The third-order valence-corrected chi connectivity index (χ3v) is 6.78. The van der Waals surface area contributed by atoms with Crippen molar-refractivity contribution >= 4 is 21.5 Å². The molecule has 0 saturated carbocycles. The number of likely N-dealkylation sites (tertiary alicyclic amines) is 1. The molecule has 5 nitrogen and oxygen atoms in total. The van der Waals surface area contributed by atoms with Crippen molar-refractivity contribution in [1.82, 2.24) is 4.90 Å². The van der Waals surface area contributed by atoms with Crippen molar-refractivity contribution in [1.29, 1.82) is 0 Å². The van der Waals surface area contributed by atoms with E-state index in [1.54, 1.807) is 24.3 Å². The number of rotatable bonds is 7. The summed E-state index contributed by atoms with van der Waals surface area (Å²) in [5.74, 6) is -0.658. The Morgan fingerprint density at radius 2 is 1.59 bits per heavy atom. The summed E-state index contributed by atoms with van der Waals surface area (Å²) >= 11 is 0. The van der Waals surface area contributed by atoms with E-state index in [-0.39, 0.29) is 42.5 Å². The first kappa shape index (κ1) is 19.2. The van der Waals surface area contributed by atoms with E-state index in [0.29, 0.717) is 12.0 Å². The minimum Gasteiger partial charge on any atom is -0.340 e.